The summed E-state index contributed by atoms with van der Waals surface area (Å²) in [6.07, 6.45) is 2.79. The molecule has 1 aromatic heterocycles. The Morgan fingerprint density at radius 1 is 1.48 bits per heavy atom. The van der Waals surface area contributed by atoms with Crippen LogP contribution in [0.4, 0.5) is 5.69 Å². The number of nitro benzene ring substituents is 1. The third kappa shape index (κ3) is 3.99. The number of aryl methyl sites for hydroxylation is 1. The average molecular weight is 310 g/mol. The highest BCUT2D eigenvalue weighted by Gasteiger charge is 2.14. The van der Waals surface area contributed by atoms with Crippen molar-refractivity contribution in [1.29, 1.82) is 0 Å². The van der Waals surface area contributed by atoms with Crippen molar-refractivity contribution in [1.82, 2.24) is 20.5 Å². The molecule has 2 N–H and O–H groups in total. The number of nitrogens with one attached hydrogen (secondary N) is 2. The van der Waals surface area contributed by atoms with E-state index in [4.69, 9.17) is 11.6 Å². The third-order valence-corrected chi connectivity index (χ3v) is 3.05. The number of amides is 1. The molecule has 0 spiro atoms. The Labute approximate surface area is 124 Å². The number of aromatic nitrogens is 3. The molecule has 0 saturated heterocycles. The van der Waals surface area contributed by atoms with Crippen molar-refractivity contribution in [3.63, 3.8) is 0 Å². The van der Waals surface area contributed by atoms with Gasteiger partial charge in [-0.3, -0.25) is 20.0 Å². The SMILES string of the molecule is O=C(NCCCc1ncn[nH]1)c1ccc([N+](=O)[O-])c(Cl)c1. The fraction of sp³-hybridized carbons (Fsp3) is 0.250. The van der Waals surface area contributed by atoms with E-state index in [1.807, 2.05) is 0 Å². The highest BCUT2D eigenvalue weighted by molar-refractivity contribution is 6.33. The Morgan fingerprint density at radius 2 is 2.29 bits per heavy atom. The summed E-state index contributed by atoms with van der Waals surface area (Å²) >= 11 is 5.76. The van der Waals surface area contributed by atoms with Gasteiger partial charge in [-0.1, -0.05) is 11.6 Å². The maximum atomic E-state index is 11.9. The molecule has 1 amide bonds. The summed E-state index contributed by atoms with van der Waals surface area (Å²) < 4.78 is 0. The summed E-state index contributed by atoms with van der Waals surface area (Å²) in [5, 5.41) is 19.7. The number of hydrogen-bond acceptors (Lipinski definition) is 5. The summed E-state index contributed by atoms with van der Waals surface area (Å²) in [5.41, 5.74) is 0.0591. The van der Waals surface area contributed by atoms with Crippen LogP contribution in [0, 0.1) is 10.1 Å². The van der Waals surface area contributed by atoms with E-state index in [-0.39, 0.29) is 22.2 Å². The standard InChI is InChI=1S/C12H12ClN5O3/c13-9-6-8(3-4-10(9)18(20)21)12(19)14-5-1-2-11-15-7-16-17-11/h3-4,6-7H,1-2,5H2,(H,14,19)(H,15,16,17). The molecule has 0 radical (unpaired) electrons. The Morgan fingerprint density at radius 3 is 2.90 bits per heavy atom. The lowest BCUT2D eigenvalue weighted by Gasteiger charge is -2.05. The van der Waals surface area contributed by atoms with Crippen LogP contribution in [0.15, 0.2) is 24.5 Å². The van der Waals surface area contributed by atoms with E-state index in [0.717, 1.165) is 5.82 Å². The van der Waals surface area contributed by atoms with Gasteiger partial charge < -0.3 is 5.32 Å². The molecular formula is C12H12ClN5O3. The van der Waals surface area contributed by atoms with Crippen molar-refractivity contribution >= 4 is 23.2 Å². The molecule has 21 heavy (non-hydrogen) atoms. The molecule has 0 aliphatic heterocycles. The number of halogens is 1. The van der Waals surface area contributed by atoms with Crippen molar-refractivity contribution in [3.05, 3.63) is 51.1 Å². The van der Waals surface area contributed by atoms with Crippen LogP contribution in [0.25, 0.3) is 0 Å². The zero-order valence-corrected chi connectivity index (χ0v) is 11.6. The summed E-state index contributed by atoms with van der Waals surface area (Å²) in [5.74, 6) is 0.423. The molecule has 0 atom stereocenters. The minimum Gasteiger partial charge on any atom is -0.352 e. The quantitative estimate of drug-likeness (QED) is 0.479. The third-order valence-electron chi connectivity index (χ3n) is 2.75. The highest BCUT2D eigenvalue weighted by Crippen LogP contribution is 2.24. The molecule has 1 aromatic carbocycles. The first-order valence-electron chi connectivity index (χ1n) is 6.14. The number of carbonyl (C=O) groups excluding carboxylic acids is 1. The molecule has 0 aliphatic carbocycles. The Hall–Kier alpha value is -2.48. The van der Waals surface area contributed by atoms with E-state index in [2.05, 4.69) is 20.5 Å². The maximum absolute atomic E-state index is 11.9. The first kappa shape index (κ1) is 14.9. The molecule has 2 aromatic rings. The number of rotatable bonds is 6. The first-order valence-corrected chi connectivity index (χ1v) is 6.52. The van der Waals surface area contributed by atoms with Gasteiger partial charge in [0.05, 0.1) is 4.92 Å². The second-order valence-corrected chi connectivity index (χ2v) is 4.62. The van der Waals surface area contributed by atoms with Crippen molar-refractivity contribution in [2.75, 3.05) is 6.54 Å². The topological polar surface area (TPSA) is 114 Å². The van der Waals surface area contributed by atoms with Gasteiger partial charge in [-0.2, -0.15) is 5.10 Å². The first-order chi connectivity index (χ1) is 10.1. The van der Waals surface area contributed by atoms with Gasteiger partial charge >= 0.3 is 0 Å². The molecule has 0 fully saturated rings. The van der Waals surface area contributed by atoms with Crippen LogP contribution < -0.4 is 5.32 Å². The average Bonchev–Trinajstić information content (AvgIpc) is 2.96. The number of benzene rings is 1. The number of carbonyl (C=O) groups is 1. The smallest absolute Gasteiger partial charge is 0.287 e. The van der Waals surface area contributed by atoms with Gasteiger partial charge in [-0.05, 0) is 18.6 Å². The van der Waals surface area contributed by atoms with E-state index in [0.29, 0.717) is 19.4 Å². The van der Waals surface area contributed by atoms with Crippen LogP contribution in [-0.2, 0) is 6.42 Å². The predicted molar refractivity (Wildman–Crippen MR) is 75.1 cm³/mol. The van der Waals surface area contributed by atoms with Gasteiger partial charge in [-0.25, -0.2) is 4.98 Å². The second kappa shape index (κ2) is 6.80. The summed E-state index contributed by atoms with van der Waals surface area (Å²) in [7, 11) is 0. The lowest BCUT2D eigenvalue weighted by atomic mass is 10.2. The Bertz CT molecular complexity index is 644. The van der Waals surface area contributed by atoms with E-state index in [1.165, 1.54) is 24.5 Å². The molecule has 0 bridgehead atoms. The van der Waals surface area contributed by atoms with Crippen molar-refractivity contribution in [2.45, 2.75) is 12.8 Å². The van der Waals surface area contributed by atoms with E-state index in [1.54, 1.807) is 0 Å². The predicted octanol–water partition coefficient (Wildman–Crippen LogP) is 1.73. The molecule has 9 heteroatoms. The highest BCUT2D eigenvalue weighted by atomic mass is 35.5. The zero-order chi connectivity index (χ0) is 15.2. The van der Waals surface area contributed by atoms with Crippen LogP contribution in [-0.4, -0.2) is 32.6 Å². The second-order valence-electron chi connectivity index (χ2n) is 4.21. The van der Waals surface area contributed by atoms with Crippen LogP contribution in [0.3, 0.4) is 0 Å². The van der Waals surface area contributed by atoms with E-state index < -0.39 is 4.92 Å². The fourth-order valence-electron chi connectivity index (χ4n) is 1.71. The van der Waals surface area contributed by atoms with Gasteiger partial charge in [0.1, 0.15) is 17.2 Å². The largest absolute Gasteiger partial charge is 0.352 e. The summed E-state index contributed by atoms with van der Waals surface area (Å²) in [6.45, 7) is 0.453. The van der Waals surface area contributed by atoms with Crippen LogP contribution in [0.1, 0.15) is 22.6 Å². The van der Waals surface area contributed by atoms with E-state index in [9.17, 15) is 14.9 Å². The van der Waals surface area contributed by atoms with Crippen molar-refractivity contribution < 1.29 is 9.72 Å². The fourth-order valence-corrected chi connectivity index (χ4v) is 1.96. The molecule has 0 unspecified atom stereocenters. The van der Waals surface area contributed by atoms with Gasteiger partial charge in [0.15, 0.2) is 0 Å². The Balaban J connectivity index is 1.85. The number of nitro groups is 1. The lowest BCUT2D eigenvalue weighted by molar-refractivity contribution is -0.384. The number of aromatic amines is 1. The minimum absolute atomic E-state index is 0.0608. The van der Waals surface area contributed by atoms with E-state index >= 15 is 0 Å². The molecule has 8 nitrogen and oxygen atoms in total. The van der Waals surface area contributed by atoms with Crippen molar-refractivity contribution in [3.8, 4) is 0 Å². The van der Waals surface area contributed by atoms with Gasteiger partial charge in [-0.15, -0.1) is 0 Å². The molecule has 2 rings (SSSR count). The molecule has 0 saturated carbocycles. The lowest BCUT2D eigenvalue weighted by Crippen LogP contribution is -2.24. The number of hydrogen-bond donors (Lipinski definition) is 2. The zero-order valence-electron chi connectivity index (χ0n) is 10.9. The van der Waals surface area contributed by atoms with Gasteiger partial charge in [0, 0.05) is 24.6 Å². The van der Waals surface area contributed by atoms with Crippen LogP contribution in [0.5, 0.6) is 0 Å². The normalized spacial score (nSPS) is 10.3. The van der Waals surface area contributed by atoms with Crippen molar-refractivity contribution in [2.24, 2.45) is 0 Å². The Kier molecular flexibility index (Phi) is 4.83. The number of nitrogens with zero attached hydrogens (tertiary/aromatic N) is 3. The summed E-state index contributed by atoms with van der Waals surface area (Å²) in [6, 6.07) is 3.87. The maximum Gasteiger partial charge on any atom is 0.287 e. The molecule has 0 aliphatic rings. The molecule has 1 heterocycles. The number of H-pyrrole nitrogens is 1. The monoisotopic (exact) mass is 309 g/mol. The van der Waals surface area contributed by atoms with Gasteiger partial charge in [0.25, 0.3) is 11.6 Å². The van der Waals surface area contributed by atoms with Gasteiger partial charge in [0.2, 0.25) is 0 Å². The summed E-state index contributed by atoms with van der Waals surface area (Å²) in [4.78, 5) is 25.9. The minimum atomic E-state index is -0.596. The molecule has 110 valence electrons. The van der Waals surface area contributed by atoms with Crippen LogP contribution >= 0.6 is 11.6 Å². The van der Waals surface area contributed by atoms with Crippen LogP contribution in [0.2, 0.25) is 5.02 Å². The molecular weight excluding hydrogens is 298 g/mol.